The van der Waals surface area contributed by atoms with Crippen LogP contribution in [0.1, 0.15) is 22.3 Å². The summed E-state index contributed by atoms with van der Waals surface area (Å²) in [5.74, 6) is 0. The Morgan fingerprint density at radius 3 is 2.23 bits per heavy atom. The molecule has 0 fully saturated rings. The monoisotopic (exact) mass is 194 g/mol. The topological polar surface area (TPSA) is 0 Å². The van der Waals surface area contributed by atoms with Crippen LogP contribution in [0.25, 0.3) is 0 Å². The Morgan fingerprint density at radius 1 is 1.15 bits per heavy atom. The normalized spacial score (nSPS) is 10.2. The van der Waals surface area contributed by atoms with Crippen molar-refractivity contribution >= 4 is 11.6 Å². The lowest BCUT2D eigenvalue weighted by molar-refractivity contribution is 1.16. The van der Waals surface area contributed by atoms with Crippen LogP contribution in [0, 0.1) is 20.8 Å². The van der Waals surface area contributed by atoms with Crippen LogP contribution in [-0.4, -0.2) is 0 Å². The first-order valence-corrected chi connectivity index (χ1v) is 4.78. The van der Waals surface area contributed by atoms with Gasteiger partial charge in [0.15, 0.2) is 0 Å². The standard InChI is InChI=1S/C12H15Cl/c1-8-5-10(3)12(6-9(8)2)7-11(4)13/h5-6H,4,7H2,1-3H3. The van der Waals surface area contributed by atoms with E-state index in [2.05, 4.69) is 39.5 Å². The summed E-state index contributed by atoms with van der Waals surface area (Å²) in [5, 5.41) is 0.700. The van der Waals surface area contributed by atoms with Crippen molar-refractivity contribution < 1.29 is 0 Å². The predicted molar refractivity (Wildman–Crippen MR) is 59.4 cm³/mol. The van der Waals surface area contributed by atoms with Gasteiger partial charge in [0.05, 0.1) is 0 Å². The number of rotatable bonds is 2. The zero-order valence-corrected chi connectivity index (χ0v) is 9.20. The maximum atomic E-state index is 5.78. The van der Waals surface area contributed by atoms with Crippen LogP contribution in [0.3, 0.4) is 0 Å². The Hall–Kier alpha value is -0.750. The van der Waals surface area contributed by atoms with Crippen molar-refractivity contribution in [2.75, 3.05) is 0 Å². The van der Waals surface area contributed by atoms with E-state index in [1.165, 1.54) is 22.3 Å². The van der Waals surface area contributed by atoms with Gasteiger partial charge in [0.1, 0.15) is 0 Å². The largest absolute Gasteiger partial charge is 0.0894 e. The van der Waals surface area contributed by atoms with Crippen LogP contribution < -0.4 is 0 Å². The third-order valence-electron chi connectivity index (χ3n) is 2.33. The van der Waals surface area contributed by atoms with Crippen LogP contribution in [0.15, 0.2) is 23.7 Å². The number of hydrogen-bond donors (Lipinski definition) is 0. The van der Waals surface area contributed by atoms with Crippen LogP contribution in [0.4, 0.5) is 0 Å². The van der Waals surface area contributed by atoms with Crippen molar-refractivity contribution in [1.82, 2.24) is 0 Å². The molecule has 1 aromatic carbocycles. The van der Waals surface area contributed by atoms with Crippen molar-refractivity contribution in [3.8, 4) is 0 Å². The Morgan fingerprint density at radius 2 is 1.69 bits per heavy atom. The van der Waals surface area contributed by atoms with E-state index < -0.39 is 0 Å². The quantitative estimate of drug-likeness (QED) is 0.670. The molecule has 0 N–H and O–H groups in total. The second kappa shape index (κ2) is 3.97. The highest BCUT2D eigenvalue weighted by Gasteiger charge is 2.02. The second-order valence-corrected chi connectivity index (χ2v) is 4.09. The van der Waals surface area contributed by atoms with Gasteiger partial charge < -0.3 is 0 Å². The van der Waals surface area contributed by atoms with Gasteiger partial charge in [-0.2, -0.15) is 0 Å². The predicted octanol–water partition coefficient (Wildman–Crippen LogP) is 3.91. The molecule has 0 aliphatic carbocycles. The molecule has 1 rings (SSSR count). The highest BCUT2D eigenvalue weighted by Crippen LogP contribution is 2.18. The van der Waals surface area contributed by atoms with Gasteiger partial charge in [-0.25, -0.2) is 0 Å². The van der Waals surface area contributed by atoms with Gasteiger partial charge in [-0.1, -0.05) is 30.3 Å². The van der Waals surface area contributed by atoms with E-state index in [1.807, 2.05) is 0 Å². The van der Waals surface area contributed by atoms with Crippen LogP contribution >= 0.6 is 11.6 Å². The van der Waals surface area contributed by atoms with Gasteiger partial charge in [0.2, 0.25) is 0 Å². The van der Waals surface area contributed by atoms with E-state index in [4.69, 9.17) is 11.6 Å². The summed E-state index contributed by atoms with van der Waals surface area (Å²) in [6.07, 6.45) is 0.772. The van der Waals surface area contributed by atoms with Crippen LogP contribution in [-0.2, 0) is 6.42 Å². The third-order valence-corrected chi connectivity index (χ3v) is 2.47. The molecule has 0 nitrogen and oxygen atoms in total. The molecule has 0 radical (unpaired) electrons. The Labute approximate surface area is 85.2 Å². The molecular formula is C12H15Cl. The van der Waals surface area contributed by atoms with E-state index in [1.54, 1.807) is 0 Å². The van der Waals surface area contributed by atoms with Crippen molar-refractivity contribution in [1.29, 1.82) is 0 Å². The van der Waals surface area contributed by atoms with Gasteiger partial charge in [-0.05, 0) is 43.0 Å². The highest BCUT2D eigenvalue weighted by atomic mass is 35.5. The number of hydrogen-bond acceptors (Lipinski definition) is 0. The van der Waals surface area contributed by atoms with Crippen molar-refractivity contribution in [2.24, 2.45) is 0 Å². The summed E-state index contributed by atoms with van der Waals surface area (Å²) in [5.41, 5.74) is 5.23. The molecule has 0 spiro atoms. The summed E-state index contributed by atoms with van der Waals surface area (Å²) in [7, 11) is 0. The number of allylic oxidation sites excluding steroid dienone is 1. The van der Waals surface area contributed by atoms with Crippen LogP contribution in [0.2, 0.25) is 0 Å². The lowest BCUT2D eigenvalue weighted by Gasteiger charge is -2.08. The first-order chi connectivity index (χ1) is 6.00. The van der Waals surface area contributed by atoms with Gasteiger partial charge >= 0.3 is 0 Å². The Bertz CT molecular complexity index is 337. The molecule has 1 heteroatoms. The summed E-state index contributed by atoms with van der Waals surface area (Å²) >= 11 is 5.78. The summed E-state index contributed by atoms with van der Waals surface area (Å²) in [4.78, 5) is 0. The molecule has 0 unspecified atom stereocenters. The van der Waals surface area contributed by atoms with E-state index in [9.17, 15) is 0 Å². The Balaban J connectivity index is 3.08. The second-order valence-electron chi connectivity index (χ2n) is 3.56. The Kier molecular flexibility index (Phi) is 3.16. The lowest BCUT2D eigenvalue weighted by Crippen LogP contribution is -1.92. The average molecular weight is 195 g/mol. The summed E-state index contributed by atoms with van der Waals surface area (Å²) < 4.78 is 0. The summed E-state index contributed by atoms with van der Waals surface area (Å²) in [6, 6.07) is 4.39. The molecular weight excluding hydrogens is 180 g/mol. The highest BCUT2D eigenvalue weighted by molar-refractivity contribution is 6.29. The van der Waals surface area contributed by atoms with Crippen LogP contribution in [0.5, 0.6) is 0 Å². The van der Waals surface area contributed by atoms with Crippen molar-refractivity contribution in [3.05, 3.63) is 46.0 Å². The first kappa shape index (κ1) is 10.3. The number of halogens is 1. The molecule has 0 saturated heterocycles. The van der Waals surface area contributed by atoms with Gasteiger partial charge in [-0.3, -0.25) is 0 Å². The van der Waals surface area contributed by atoms with Gasteiger partial charge in [0.25, 0.3) is 0 Å². The maximum Gasteiger partial charge on any atom is 0.0153 e. The fraction of sp³-hybridized carbons (Fsp3) is 0.333. The molecule has 13 heavy (non-hydrogen) atoms. The fourth-order valence-corrected chi connectivity index (χ4v) is 1.56. The SMILES string of the molecule is C=C(Cl)Cc1cc(C)c(C)cc1C. The molecule has 1 aromatic rings. The molecule has 0 atom stereocenters. The molecule has 0 saturated carbocycles. The minimum atomic E-state index is 0.700. The minimum Gasteiger partial charge on any atom is -0.0894 e. The van der Waals surface area contributed by atoms with E-state index in [0.29, 0.717) is 5.03 Å². The van der Waals surface area contributed by atoms with E-state index >= 15 is 0 Å². The van der Waals surface area contributed by atoms with Gasteiger partial charge in [-0.15, -0.1) is 0 Å². The van der Waals surface area contributed by atoms with E-state index in [-0.39, 0.29) is 0 Å². The molecule has 0 aliphatic rings. The molecule has 70 valence electrons. The van der Waals surface area contributed by atoms with Crippen molar-refractivity contribution in [2.45, 2.75) is 27.2 Å². The third kappa shape index (κ3) is 2.60. The number of aryl methyl sites for hydroxylation is 3. The first-order valence-electron chi connectivity index (χ1n) is 4.40. The van der Waals surface area contributed by atoms with Crippen molar-refractivity contribution in [3.63, 3.8) is 0 Å². The average Bonchev–Trinajstić information content (AvgIpc) is 1.99. The fourth-order valence-electron chi connectivity index (χ4n) is 1.42. The molecule has 0 aromatic heterocycles. The number of benzene rings is 1. The molecule has 0 aliphatic heterocycles. The smallest absolute Gasteiger partial charge is 0.0153 e. The van der Waals surface area contributed by atoms with E-state index in [0.717, 1.165) is 6.42 Å². The zero-order chi connectivity index (χ0) is 10.0. The minimum absolute atomic E-state index is 0.700. The zero-order valence-electron chi connectivity index (χ0n) is 8.45. The maximum absolute atomic E-state index is 5.78. The lowest BCUT2D eigenvalue weighted by atomic mass is 9.99. The van der Waals surface area contributed by atoms with Gasteiger partial charge in [0, 0.05) is 11.5 Å². The molecule has 0 amide bonds. The molecule has 0 heterocycles. The molecule has 0 bridgehead atoms. The summed E-state index contributed by atoms with van der Waals surface area (Å²) in [6.45, 7) is 10.1.